The highest BCUT2D eigenvalue weighted by molar-refractivity contribution is 6.39. The van der Waals surface area contributed by atoms with Crippen LogP contribution >= 0.6 is 23.2 Å². The second-order valence-electron chi connectivity index (χ2n) is 4.66. The van der Waals surface area contributed by atoms with Gasteiger partial charge in [-0.05, 0) is 43.7 Å². The molecule has 2 rings (SSSR count). The topological polar surface area (TPSA) is 38.3 Å². The van der Waals surface area contributed by atoms with Crippen molar-refractivity contribution in [2.75, 3.05) is 5.32 Å². The number of para-hydroxylation sites is 1. The maximum absolute atomic E-state index is 12.2. The third-order valence-electron chi connectivity index (χ3n) is 2.88. The van der Waals surface area contributed by atoms with Crippen molar-refractivity contribution in [3.8, 4) is 5.75 Å². The fourth-order valence-electron chi connectivity index (χ4n) is 1.79. The summed E-state index contributed by atoms with van der Waals surface area (Å²) in [7, 11) is 0. The summed E-state index contributed by atoms with van der Waals surface area (Å²) in [5, 5.41) is 3.46. The van der Waals surface area contributed by atoms with E-state index >= 15 is 0 Å². The van der Waals surface area contributed by atoms with E-state index in [9.17, 15) is 4.79 Å². The predicted octanol–water partition coefficient (Wildman–Crippen LogP) is 4.71. The van der Waals surface area contributed by atoms with Gasteiger partial charge in [0.2, 0.25) is 0 Å². The van der Waals surface area contributed by atoms with E-state index in [1.165, 1.54) is 0 Å². The first-order valence-electron chi connectivity index (χ1n) is 6.45. The van der Waals surface area contributed by atoms with Crippen LogP contribution in [0.4, 0.5) is 5.69 Å². The Morgan fingerprint density at radius 1 is 1.14 bits per heavy atom. The summed E-state index contributed by atoms with van der Waals surface area (Å²) in [5.41, 5.74) is 1.46. The molecule has 21 heavy (non-hydrogen) atoms. The van der Waals surface area contributed by atoms with Crippen molar-refractivity contribution in [3.63, 3.8) is 0 Å². The van der Waals surface area contributed by atoms with E-state index in [4.69, 9.17) is 27.9 Å². The third kappa shape index (κ3) is 4.13. The molecule has 0 aliphatic carbocycles. The van der Waals surface area contributed by atoms with Crippen molar-refractivity contribution in [2.45, 2.75) is 20.0 Å². The monoisotopic (exact) mass is 323 g/mol. The molecule has 0 aliphatic rings. The molecule has 0 fully saturated rings. The Hall–Kier alpha value is -1.71. The number of amides is 1. The minimum absolute atomic E-state index is 0.313. The molecule has 0 saturated heterocycles. The maximum atomic E-state index is 12.2. The Morgan fingerprint density at radius 2 is 1.76 bits per heavy atom. The zero-order chi connectivity index (χ0) is 15.4. The third-order valence-corrected chi connectivity index (χ3v) is 3.51. The maximum Gasteiger partial charge on any atom is 0.265 e. The number of rotatable bonds is 4. The lowest BCUT2D eigenvalue weighted by molar-refractivity contribution is -0.122. The van der Waals surface area contributed by atoms with Crippen LogP contribution in [0.5, 0.6) is 5.75 Å². The first-order valence-corrected chi connectivity index (χ1v) is 7.21. The molecule has 110 valence electrons. The first-order chi connectivity index (χ1) is 9.97. The average Bonchev–Trinajstić information content (AvgIpc) is 2.43. The van der Waals surface area contributed by atoms with E-state index in [0.29, 0.717) is 21.5 Å². The fraction of sp³-hybridized carbons (Fsp3) is 0.188. The molecule has 0 spiro atoms. The number of nitrogens with one attached hydrogen (secondary N) is 1. The van der Waals surface area contributed by atoms with E-state index < -0.39 is 6.10 Å². The number of hydrogen-bond acceptors (Lipinski definition) is 2. The summed E-state index contributed by atoms with van der Waals surface area (Å²) >= 11 is 12.0. The molecule has 0 radical (unpaired) electrons. The Kier molecular flexibility index (Phi) is 5.10. The van der Waals surface area contributed by atoms with Crippen LogP contribution in [0.2, 0.25) is 10.0 Å². The van der Waals surface area contributed by atoms with Crippen LogP contribution in [0.15, 0.2) is 42.5 Å². The first kappa shape index (κ1) is 15.7. The van der Waals surface area contributed by atoms with Gasteiger partial charge in [-0.2, -0.15) is 0 Å². The molecule has 0 heterocycles. The number of carbonyl (C=O) groups excluding carboxylic acids is 1. The van der Waals surface area contributed by atoms with Crippen LogP contribution < -0.4 is 10.1 Å². The quantitative estimate of drug-likeness (QED) is 0.885. The molecular weight excluding hydrogens is 309 g/mol. The second-order valence-corrected chi connectivity index (χ2v) is 5.48. The lowest BCUT2D eigenvalue weighted by Crippen LogP contribution is -2.30. The van der Waals surface area contributed by atoms with E-state index in [2.05, 4.69) is 5.32 Å². The van der Waals surface area contributed by atoms with Gasteiger partial charge in [0.1, 0.15) is 5.75 Å². The smallest absolute Gasteiger partial charge is 0.265 e. The molecule has 1 amide bonds. The fourth-order valence-corrected chi connectivity index (χ4v) is 2.28. The molecular formula is C16H15Cl2NO2. The summed E-state index contributed by atoms with van der Waals surface area (Å²) in [5.74, 6) is 0.328. The van der Waals surface area contributed by atoms with Crippen LogP contribution in [0.1, 0.15) is 12.5 Å². The molecule has 2 aromatic rings. The van der Waals surface area contributed by atoms with Crippen molar-refractivity contribution in [1.29, 1.82) is 0 Å². The standard InChI is InChI=1S/C16H15Cl2NO2/c1-10-5-3-6-12(9-10)21-11(2)16(20)19-15-13(17)7-4-8-14(15)18/h3-9,11H,1-2H3,(H,19,20)/t11-/m0/s1. The lowest BCUT2D eigenvalue weighted by Gasteiger charge is -2.16. The normalized spacial score (nSPS) is 11.8. The number of ether oxygens (including phenoxy) is 1. The Balaban J connectivity index is 2.06. The zero-order valence-corrected chi connectivity index (χ0v) is 13.2. The Morgan fingerprint density at radius 3 is 2.38 bits per heavy atom. The van der Waals surface area contributed by atoms with Gasteiger partial charge in [0.05, 0.1) is 15.7 Å². The molecule has 3 nitrogen and oxygen atoms in total. The van der Waals surface area contributed by atoms with Gasteiger partial charge >= 0.3 is 0 Å². The van der Waals surface area contributed by atoms with Gasteiger partial charge in [0.15, 0.2) is 6.10 Å². The van der Waals surface area contributed by atoms with Gasteiger partial charge in [-0.3, -0.25) is 4.79 Å². The number of carbonyl (C=O) groups is 1. The largest absolute Gasteiger partial charge is 0.481 e. The van der Waals surface area contributed by atoms with E-state index in [1.54, 1.807) is 31.2 Å². The van der Waals surface area contributed by atoms with Gasteiger partial charge in [-0.1, -0.05) is 41.4 Å². The van der Waals surface area contributed by atoms with Crippen LogP contribution in [-0.2, 0) is 4.79 Å². The number of hydrogen-bond donors (Lipinski definition) is 1. The van der Waals surface area contributed by atoms with Gasteiger partial charge < -0.3 is 10.1 Å². The SMILES string of the molecule is Cc1cccc(O[C@@H](C)C(=O)Nc2c(Cl)cccc2Cl)c1. The summed E-state index contributed by atoms with van der Waals surface area (Å²) in [4.78, 5) is 12.2. The minimum Gasteiger partial charge on any atom is -0.481 e. The van der Waals surface area contributed by atoms with Crippen LogP contribution in [0.3, 0.4) is 0 Å². The van der Waals surface area contributed by atoms with E-state index in [-0.39, 0.29) is 5.91 Å². The highest BCUT2D eigenvalue weighted by Gasteiger charge is 2.17. The number of anilines is 1. The van der Waals surface area contributed by atoms with E-state index in [0.717, 1.165) is 5.56 Å². The molecule has 0 aromatic heterocycles. The molecule has 1 atom stereocenters. The zero-order valence-electron chi connectivity index (χ0n) is 11.7. The van der Waals surface area contributed by atoms with Gasteiger partial charge in [-0.25, -0.2) is 0 Å². The Labute approximate surface area is 133 Å². The Bertz CT molecular complexity index is 638. The highest BCUT2D eigenvalue weighted by Crippen LogP contribution is 2.30. The molecule has 0 saturated carbocycles. The van der Waals surface area contributed by atoms with Crippen molar-refractivity contribution in [1.82, 2.24) is 0 Å². The van der Waals surface area contributed by atoms with Crippen molar-refractivity contribution >= 4 is 34.8 Å². The summed E-state index contributed by atoms with van der Waals surface area (Å²) in [6.07, 6.45) is -0.667. The van der Waals surface area contributed by atoms with Gasteiger partial charge in [0, 0.05) is 0 Å². The molecule has 0 aliphatic heterocycles. The molecule has 5 heteroatoms. The number of aryl methyl sites for hydroxylation is 1. The van der Waals surface area contributed by atoms with E-state index in [1.807, 2.05) is 25.1 Å². The van der Waals surface area contributed by atoms with Gasteiger partial charge in [0.25, 0.3) is 5.91 Å². The highest BCUT2D eigenvalue weighted by atomic mass is 35.5. The molecule has 0 unspecified atom stereocenters. The van der Waals surface area contributed by atoms with Gasteiger partial charge in [-0.15, -0.1) is 0 Å². The van der Waals surface area contributed by atoms with Crippen LogP contribution in [0, 0.1) is 6.92 Å². The summed E-state index contributed by atoms with van der Waals surface area (Å²) < 4.78 is 5.61. The van der Waals surface area contributed by atoms with Crippen molar-refractivity contribution < 1.29 is 9.53 Å². The number of halogens is 2. The lowest BCUT2D eigenvalue weighted by atomic mass is 10.2. The van der Waals surface area contributed by atoms with Crippen molar-refractivity contribution in [3.05, 3.63) is 58.1 Å². The summed E-state index contributed by atoms with van der Waals surface area (Å²) in [6, 6.07) is 12.5. The number of benzene rings is 2. The molecule has 0 bridgehead atoms. The predicted molar refractivity (Wildman–Crippen MR) is 86.4 cm³/mol. The minimum atomic E-state index is -0.667. The second kappa shape index (κ2) is 6.83. The van der Waals surface area contributed by atoms with Crippen molar-refractivity contribution in [2.24, 2.45) is 0 Å². The average molecular weight is 324 g/mol. The molecule has 2 aromatic carbocycles. The summed E-state index contributed by atoms with van der Waals surface area (Å²) in [6.45, 7) is 3.63. The van der Waals surface area contributed by atoms with Crippen LogP contribution in [-0.4, -0.2) is 12.0 Å². The van der Waals surface area contributed by atoms with Crippen LogP contribution in [0.25, 0.3) is 0 Å². The molecule has 1 N–H and O–H groups in total.